The molecular weight excluding hydrogens is 364 g/mol. The first-order chi connectivity index (χ1) is 13.1. The molecule has 0 atom stereocenters. The molecule has 1 fully saturated rings. The first kappa shape index (κ1) is 19.7. The van der Waals surface area contributed by atoms with E-state index in [-0.39, 0.29) is 5.91 Å². The van der Waals surface area contributed by atoms with Gasteiger partial charge in [0.1, 0.15) is 5.75 Å². The molecule has 0 bridgehead atoms. The maximum Gasteiger partial charge on any atom is 0.228 e. The van der Waals surface area contributed by atoms with Crippen LogP contribution in [0.5, 0.6) is 5.75 Å². The molecule has 0 unspecified atom stereocenters. The minimum absolute atomic E-state index is 0.0730. The summed E-state index contributed by atoms with van der Waals surface area (Å²) in [5.74, 6) is 0.737. The predicted octanol–water partition coefficient (Wildman–Crippen LogP) is 3.75. The number of halogens is 1. The van der Waals surface area contributed by atoms with E-state index < -0.39 is 0 Å². The second-order valence-corrected chi connectivity index (χ2v) is 6.90. The molecule has 0 saturated carbocycles. The number of amides is 1. The lowest BCUT2D eigenvalue weighted by Gasteiger charge is -2.27. The molecule has 0 radical (unpaired) electrons. The molecule has 2 aromatic carbocycles. The summed E-state index contributed by atoms with van der Waals surface area (Å²) in [5, 5.41) is 3.58. The molecule has 5 nitrogen and oxygen atoms in total. The Hall–Kier alpha value is -2.08. The SMILES string of the molecule is CCOc1ccc(CC(=O)Nc2ccc(CN3CCOCC3)c(Cl)c2)cc1. The van der Waals surface area contributed by atoms with E-state index in [4.69, 9.17) is 21.1 Å². The third-order valence-electron chi connectivity index (χ3n) is 4.43. The zero-order valence-corrected chi connectivity index (χ0v) is 16.3. The van der Waals surface area contributed by atoms with Gasteiger partial charge in [-0.15, -0.1) is 0 Å². The van der Waals surface area contributed by atoms with E-state index in [9.17, 15) is 4.79 Å². The number of benzene rings is 2. The molecule has 3 rings (SSSR count). The molecule has 6 heteroatoms. The molecule has 0 aliphatic carbocycles. The zero-order chi connectivity index (χ0) is 19.1. The monoisotopic (exact) mass is 388 g/mol. The largest absolute Gasteiger partial charge is 0.494 e. The Morgan fingerprint density at radius 3 is 2.59 bits per heavy atom. The van der Waals surface area contributed by atoms with Gasteiger partial charge in [0.05, 0.1) is 26.2 Å². The second kappa shape index (κ2) is 9.74. The van der Waals surface area contributed by atoms with Crippen molar-refractivity contribution >= 4 is 23.2 Å². The van der Waals surface area contributed by atoms with E-state index in [2.05, 4.69) is 10.2 Å². The highest BCUT2D eigenvalue weighted by molar-refractivity contribution is 6.31. The van der Waals surface area contributed by atoms with Crippen LogP contribution < -0.4 is 10.1 Å². The van der Waals surface area contributed by atoms with Gasteiger partial charge in [-0.1, -0.05) is 29.8 Å². The van der Waals surface area contributed by atoms with Crippen LogP contribution in [0.1, 0.15) is 18.1 Å². The summed E-state index contributed by atoms with van der Waals surface area (Å²) >= 11 is 6.42. The van der Waals surface area contributed by atoms with Crippen LogP contribution in [0.4, 0.5) is 5.69 Å². The molecule has 1 amide bonds. The second-order valence-electron chi connectivity index (χ2n) is 6.50. The Morgan fingerprint density at radius 1 is 1.19 bits per heavy atom. The number of nitrogens with one attached hydrogen (secondary N) is 1. The summed E-state index contributed by atoms with van der Waals surface area (Å²) in [5.41, 5.74) is 2.70. The van der Waals surface area contributed by atoms with E-state index in [1.54, 1.807) is 0 Å². The highest BCUT2D eigenvalue weighted by Gasteiger charge is 2.13. The van der Waals surface area contributed by atoms with Crippen molar-refractivity contribution in [1.29, 1.82) is 0 Å². The number of hydrogen-bond donors (Lipinski definition) is 1. The molecule has 1 heterocycles. The fourth-order valence-electron chi connectivity index (χ4n) is 3.01. The van der Waals surface area contributed by atoms with Gasteiger partial charge in [-0.05, 0) is 42.3 Å². The average molecular weight is 389 g/mol. The Morgan fingerprint density at radius 2 is 1.93 bits per heavy atom. The average Bonchev–Trinajstić information content (AvgIpc) is 2.67. The standard InChI is InChI=1S/C21H25ClN2O3/c1-2-27-19-7-3-16(4-8-19)13-21(25)23-18-6-5-17(20(22)14-18)15-24-9-11-26-12-10-24/h3-8,14H,2,9-13,15H2,1H3,(H,23,25). The van der Waals surface area contributed by atoms with Crippen LogP contribution in [-0.2, 0) is 22.5 Å². The lowest BCUT2D eigenvalue weighted by Crippen LogP contribution is -2.35. The molecular formula is C21H25ClN2O3. The van der Waals surface area contributed by atoms with E-state index >= 15 is 0 Å². The van der Waals surface area contributed by atoms with Crippen LogP contribution in [0.3, 0.4) is 0 Å². The zero-order valence-electron chi connectivity index (χ0n) is 15.5. The number of ether oxygens (including phenoxy) is 2. The third-order valence-corrected chi connectivity index (χ3v) is 4.79. The number of rotatable bonds is 7. The first-order valence-corrected chi connectivity index (χ1v) is 9.62. The Balaban J connectivity index is 1.55. The summed E-state index contributed by atoms with van der Waals surface area (Å²) in [6, 6.07) is 13.3. The lowest BCUT2D eigenvalue weighted by molar-refractivity contribution is -0.115. The number of carbonyl (C=O) groups is 1. The van der Waals surface area contributed by atoms with Gasteiger partial charge < -0.3 is 14.8 Å². The summed E-state index contributed by atoms with van der Waals surface area (Å²) in [4.78, 5) is 14.6. The van der Waals surface area contributed by atoms with Crippen molar-refractivity contribution in [2.24, 2.45) is 0 Å². The van der Waals surface area contributed by atoms with Gasteiger partial charge in [0, 0.05) is 30.3 Å². The highest BCUT2D eigenvalue weighted by Crippen LogP contribution is 2.23. The van der Waals surface area contributed by atoms with Crippen molar-refractivity contribution in [2.75, 3.05) is 38.2 Å². The van der Waals surface area contributed by atoms with Gasteiger partial charge >= 0.3 is 0 Å². The first-order valence-electron chi connectivity index (χ1n) is 9.24. The van der Waals surface area contributed by atoms with Crippen LogP contribution in [0.15, 0.2) is 42.5 Å². The summed E-state index contributed by atoms with van der Waals surface area (Å²) in [7, 11) is 0. The Kier molecular flexibility index (Phi) is 7.10. The van der Waals surface area contributed by atoms with Gasteiger partial charge in [-0.2, -0.15) is 0 Å². The molecule has 1 N–H and O–H groups in total. The van der Waals surface area contributed by atoms with Crippen molar-refractivity contribution < 1.29 is 14.3 Å². The van der Waals surface area contributed by atoms with Gasteiger partial charge in [0.2, 0.25) is 5.91 Å². The quantitative estimate of drug-likeness (QED) is 0.784. The van der Waals surface area contributed by atoms with Crippen LogP contribution in [0.25, 0.3) is 0 Å². The number of carbonyl (C=O) groups excluding carboxylic acids is 1. The van der Waals surface area contributed by atoms with Crippen molar-refractivity contribution in [3.63, 3.8) is 0 Å². The topological polar surface area (TPSA) is 50.8 Å². The highest BCUT2D eigenvalue weighted by atomic mass is 35.5. The Bertz CT molecular complexity index is 759. The maximum absolute atomic E-state index is 12.3. The lowest BCUT2D eigenvalue weighted by atomic mass is 10.1. The Labute approximate surface area is 165 Å². The van der Waals surface area contributed by atoms with E-state index in [0.717, 1.165) is 49.7 Å². The molecule has 1 aliphatic rings. The minimum atomic E-state index is -0.0730. The minimum Gasteiger partial charge on any atom is -0.494 e. The van der Waals surface area contributed by atoms with Crippen LogP contribution in [0.2, 0.25) is 5.02 Å². The van der Waals surface area contributed by atoms with Crippen molar-refractivity contribution in [3.05, 3.63) is 58.6 Å². The summed E-state index contributed by atoms with van der Waals surface area (Å²) in [6.45, 7) is 6.71. The van der Waals surface area contributed by atoms with Gasteiger partial charge in [-0.3, -0.25) is 9.69 Å². The number of hydrogen-bond acceptors (Lipinski definition) is 4. The van der Waals surface area contributed by atoms with Crippen LogP contribution >= 0.6 is 11.6 Å². The number of nitrogens with zero attached hydrogens (tertiary/aromatic N) is 1. The summed E-state index contributed by atoms with van der Waals surface area (Å²) in [6.07, 6.45) is 0.305. The normalized spacial score (nSPS) is 14.7. The van der Waals surface area contributed by atoms with Gasteiger partial charge in [0.15, 0.2) is 0 Å². The molecule has 2 aromatic rings. The van der Waals surface area contributed by atoms with Gasteiger partial charge in [0.25, 0.3) is 0 Å². The molecule has 1 saturated heterocycles. The van der Waals surface area contributed by atoms with Crippen LogP contribution in [-0.4, -0.2) is 43.7 Å². The number of anilines is 1. The molecule has 1 aliphatic heterocycles. The van der Waals surface area contributed by atoms with Crippen molar-refractivity contribution in [1.82, 2.24) is 4.90 Å². The van der Waals surface area contributed by atoms with E-state index in [0.29, 0.717) is 23.7 Å². The van der Waals surface area contributed by atoms with Crippen molar-refractivity contribution in [3.8, 4) is 5.75 Å². The third kappa shape index (κ3) is 5.96. The fourth-order valence-corrected chi connectivity index (χ4v) is 3.25. The predicted molar refractivity (Wildman–Crippen MR) is 107 cm³/mol. The molecule has 0 spiro atoms. The van der Waals surface area contributed by atoms with Crippen LogP contribution in [0, 0.1) is 0 Å². The molecule has 27 heavy (non-hydrogen) atoms. The van der Waals surface area contributed by atoms with Crippen molar-refractivity contribution in [2.45, 2.75) is 19.9 Å². The van der Waals surface area contributed by atoms with E-state index in [1.807, 2.05) is 49.4 Å². The van der Waals surface area contributed by atoms with E-state index in [1.165, 1.54) is 0 Å². The smallest absolute Gasteiger partial charge is 0.228 e. The maximum atomic E-state index is 12.3. The molecule has 0 aromatic heterocycles. The number of morpholine rings is 1. The fraction of sp³-hybridized carbons (Fsp3) is 0.381. The van der Waals surface area contributed by atoms with Gasteiger partial charge in [-0.25, -0.2) is 0 Å². The molecule has 144 valence electrons. The summed E-state index contributed by atoms with van der Waals surface area (Å²) < 4.78 is 10.8.